The fourth-order valence-electron chi connectivity index (χ4n) is 4.41. The highest BCUT2D eigenvalue weighted by molar-refractivity contribution is 6.36. The number of halogens is 1. The number of ether oxygens (including phenoxy) is 3. The highest BCUT2D eigenvalue weighted by Crippen LogP contribution is 2.53. The number of hydrogen-bond donors (Lipinski definition) is 2. The molecule has 2 atom stereocenters. The SMILES string of the molecule is COc1cc(OC)c2c(c1Cl)O[C@@]1(C(=O)c3cc4c(=O)[nH]c(=O)[nH]c4nc3C[C@H]1C)C2=O. The van der Waals surface area contributed by atoms with Gasteiger partial charge in [-0.15, -0.1) is 0 Å². The van der Waals surface area contributed by atoms with Crippen LogP contribution in [0.4, 0.5) is 0 Å². The van der Waals surface area contributed by atoms with Crippen LogP contribution in [0.25, 0.3) is 11.0 Å². The lowest BCUT2D eigenvalue weighted by Crippen LogP contribution is -2.56. The molecule has 3 aromatic rings. The first-order valence-corrected chi connectivity index (χ1v) is 10.00. The third-order valence-corrected chi connectivity index (χ3v) is 6.36. The third kappa shape index (κ3) is 2.44. The lowest BCUT2D eigenvalue weighted by Gasteiger charge is -2.36. The molecular weight excluding hydrogens is 442 g/mol. The second-order valence-corrected chi connectivity index (χ2v) is 8.07. The van der Waals surface area contributed by atoms with Crippen LogP contribution in [0.3, 0.4) is 0 Å². The number of methoxy groups -OCH3 is 2. The molecule has 0 amide bonds. The number of rotatable bonds is 2. The summed E-state index contributed by atoms with van der Waals surface area (Å²) in [6, 6.07) is 2.78. The van der Waals surface area contributed by atoms with Gasteiger partial charge in [-0.25, -0.2) is 9.78 Å². The van der Waals surface area contributed by atoms with Crippen molar-refractivity contribution in [2.75, 3.05) is 14.2 Å². The second-order valence-electron chi connectivity index (χ2n) is 7.69. The zero-order valence-corrected chi connectivity index (χ0v) is 17.9. The maximum Gasteiger partial charge on any atom is 0.327 e. The van der Waals surface area contributed by atoms with Gasteiger partial charge >= 0.3 is 5.69 Å². The van der Waals surface area contributed by atoms with Crippen molar-refractivity contribution in [1.82, 2.24) is 15.0 Å². The fraction of sp³-hybridized carbons (Fsp3) is 0.286. The van der Waals surface area contributed by atoms with E-state index in [4.69, 9.17) is 25.8 Å². The van der Waals surface area contributed by atoms with E-state index in [1.165, 1.54) is 26.4 Å². The van der Waals surface area contributed by atoms with E-state index in [0.717, 1.165) is 0 Å². The van der Waals surface area contributed by atoms with Crippen LogP contribution in [-0.4, -0.2) is 46.3 Å². The van der Waals surface area contributed by atoms with Crippen LogP contribution in [0.2, 0.25) is 5.02 Å². The van der Waals surface area contributed by atoms with Crippen molar-refractivity contribution in [2.45, 2.75) is 18.9 Å². The molecule has 2 aromatic heterocycles. The summed E-state index contributed by atoms with van der Waals surface area (Å²) in [4.78, 5) is 60.1. The molecule has 1 aromatic carbocycles. The molecule has 5 rings (SSSR count). The average molecular weight is 458 g/mol. The van der Waals surface area contributed by atoms with Gasteiger partial charge < -0.3 is 14.2 Å². The van der Waals surface area contributed by atoms with Gasteiger partial charge in [0.1, 0.15) is 27.7 Å². The van der Waals surface area contributed by atoms with E-state index in [1.807, 2.05) is 0 Å². The van der Waals surface area contributed by atoms with Crippen molar-refractivity contribution >= 4 is 34.2 Å². The van der Waals surface area contributed by atoms with Gasteiger partial charge in [-0.3, -0.25) is 24.4 Å². The molecule has 2 N–H and O–H groups in total. The molecule has 2 aliphatic rings. The van der Waals surface area contributed by atoms with E-state index in [1.54, 1.807) is 6.92 Å². The number of fused-ring (bicyclic) bond motifs is 3. The molecule has 0 saturated heterocycles. The van der Waals surface area contributed by atoms with Crippen molar-refractivity contribution < 1.29 is 23.8 Å². The van der Waals surface area contributed by atoms with Crippen LogP contribution in [0.5, 0.6) is 17.2 Å². The smallest absolute Gasteiger partial charge is 0.327 e. The Morgan fingerprint density at radius 3 is 2.50 bits per heavy atom. The average Bonchev–Trinajstić information content (AvgIpc) is 3.07. The summed E-state index contributed by atoms with van der Waals surface area (Å²) in [5.74, 6) is -1.47. The van der Waals surface area contributed by atoms with Gasteiger partial charge in [0.2, 0.25) is 17.2 Å². The Morgan fingerprint density at radius 2 is 1.81 bits per heavy atom. The number of carbonyl (C=O) groups is 2. The van der Waals surface area contributed by atoms with Gasteiger partial charge in [-0.1, -0.05) is 18.5 Å². The molecule has 1 aliphatic carbocycles. The van der Waals surface area contributed by atoms with E-state index >= 15 is 0 Å². The second kappa shape index (κ2) is 6.67. The van der Waals surface area contributed by atoms with Gasteiger partial charge in [0, 0.05) is 17.5 Å². The standard InChI is InChI=1S/C21H16ClN3O7/c1-7-4-10-8(5-9-18(23-10)24-20(29)25-19(9)28)16(26)21(7)17(27)13-11(30-2)6-12(31-3)14(22)15(13)32-21/h5-7H,4H2,1-3H3,(H2,23,24,25,28,29)/t7-,21+/m1/s1. The number of nitrogens with one attached hydrogen (secondary N) is 2. The quantitative estimate of drug-likeness (QED) is 0.554. The molecule has 0 fully saturated rings. The Kier molecular flexibility index (Phi) is 4.22. The lowest BCUT2D eigenvalue weighted by molar-refractivity contribution is 0.0257. The third-order valence-electron chi connectivity index (χ3n) is 6.00. The van der Waals surface area contributed by atoms with Crippen molar-refractivity contribution in [3.8, 4) is 17.2 Å². The van der Waals surface area contributed by atoms with Gasteiger partial charge in [0.15, 0.2) is 5.75 Å². The first-order valence-electron chi connectivity index (χ1n) is 9.62. The van der Waals surface area contributed by atoms with Gasteiger partial charge in [-0.2, -0.15) is 0 Å². The van der Waals surface area contributed by atoms with E-state index < -0.39 is 34.3 Å². The number of benzene rings is 1. The van der Waals surface area contributed by atoms with Crippen LogP contribution >= 0.6 is 11.6 Å². The summed E-state index contributed by atoms with van der Waals surface area (Å²) in [6.45, 7) is 1.69. The molecule has 10 nitrogen and oxygen atoms in total. The first kappa shape index (κ1) is 20.3. The summed E-state index contributed by atoms with van der Waals surface area (Å²) >= 11 is 6.40. The largest absolute Gasteiger partial charge is 0.496 e. The minimum Gasteiger partial charge on any atom is -0.496 e. The Balaban J connectivity index is 1.74. The molecule has 0 unspecified atom stereocenters. The molecule has 1 spiro atoms. The van der Waals surface area contributed by atoms with Crippen molar-refractivity contribution in [3.63, 3.8) is 0 Å². The van der Waals surface area contributed by atoms with E-state index in [9.17, 15) is 19.2 Å². The molecule has 3 heterocycles. The number of aromatic nitrogens is 3. The molecule has 0 saturated carbocycles. The minimum atomic E-state index is -1.90. The predicted octanol–water partition coefficient (Wildman–Crippen LogP) is 1.67. The van der Waals surface area contributed by atoms with E-state index in [0.29, 0.717) is 5.69 Å². The number of carbonyl (C=O) groups excluding carboxylic acids is 2. The van der Waals surface area contributed by atoms with Crippen molar-refractivity contribution in [2.24, 2.45) is 5.92 Å². The summed E-state index contributed by atoms with van der Waals surface area (Å²) in [6.07, 6.45) is 0.183. The minimum absolute atomic E-state index is 0.00689. The van der Waals surface area contributed by atoms with Crippen LogP contribution < -0.4 is 25.5 Å². The number of Topliss-reactive ketones (excluding diaryl/α,β-unsaturated/α-hetero) is 2. The Morgan fingerprint density at radius 1 is 1.09 bits per heavy atom. The zero-order valence-electron chi connectivity index (χ0n) is 17.1. The van der Waals surface area contributed by atoms with Gasteiger partial charge in [0.05, 0.1) is 25.3 Å². The summed E-state index contributed by atoms with van der Waals surface area (Å²) in [5, 5.41) is 0.0617. The number of pyridine rings is 1. The van der Waals surface area contributed by atoms with Crippen LogP contribution in [0.15, 0.2) is 21.7 Å². The Bertz CT molecular complexity index is 1470. The number of nitrogens with zero attached hydrogens (tertiary/aromatic N) is 1. The summed E-state index contributed by atoms with van der Waals surface area (Å²) in [7, 11) is 2.79. The van der Waals surface area contributed by atoms with Gasteiger partial charge in [-0.05, 0) is 12.5 Å². The van der Waals surface area contributed by atoms with Crippen molar-refractivity contribution in [1.29, 1.82) is 0 Å². The highest BCUT2D eigenvalue weighted by Gasteiger charge is 2.62. The fourth-order valence-corrected chi connectivity index (χ4v) is 4.68. The van der Waals surface area contributed by atoms with Gasteiger partial charge in [0.25, 0.3) is 5.56 Å². The zero-order chi connectivity index (χ0) is 22.9. The molecule has 0 bridgehead atoms. The van der Waals surface area contributed by atoms with E-state index in [-0.39, 0.29) is 50.9 Å². The number of H-pyrrole nitrogens is 2. The Labute approximate surface area is 184 Å². The van der Waals surface area contributed by atoms with Crippen LogP contribution in [0, 0.1) is 5.92 Å². The first-order chi connectivity index (χ1) is 15.2. The summed E-state index contributed by atoms with van der Waals surface area (Å²) in [5.41, 5.74) is -2.77. The molecule has 164 valence electrons. The number of hydrogen-bond acceptors (Lipinski definition) is 8. The highest BCUT2D eigenvalue weighted by atomic mass is 35.5. The molecular formula is C21H16ClN3O7. The number of ketones is 2. The topological polar surface area (TPSA) is 140 Å². The Hall–Kier alpha value is -3.66. The monoisotopic (exact) mass is 457 g/mol. The van der Waals surface area contributed by atoms with Crippen LogP contribution in [0.1, 0.15) is 33.3 Å². The summed E-state index contributed by atoms with van der Waals surface area (Å²) < 4.78 is 16.6. The number of aromatic amines is 2. The lowest BCUT2D eigenvalue weighted by atomic mass is 9.71. The van der Waals surface area contributed by atoms with Crippen molar-refractivity contribution in [3.05, 3.63) is 54.8 Å². The molecule has 0 radical (unpaired) electrons. The van der Waals surface area contributed by atoms with E-state index in [2.05, 4.69) is 15.0 Å². The molecule has 1 aliphatic heterocycles. The van der Waals surface area contributed by atoms with Crippen LogP contribution in [-0.2, 0) is 6.42 Å². The maximum absolute atomic E-state index is 13.7. The molecule has 32 heavy (non-hydrogen) atoms. The normalized spacial score (nSPS) is 21.4. The maximum atomic E-state index is 13.7. The molecule has 11 heteroatoms. The predicted molar refractivity (Wildman–Crippen MR) is 112 cm³/mol.